The molecule has 6 nitrogen and oxygen atoms in total. The molecule has 1 amide bonds. The lowest BCUT2D eigenvalue weighted by Gasteiger charge is -2.35. The standard InChI is InChI=1S/C16H19ClN2O4/c1-21-12-7-10(17)5-9-6-13(23-15(9)12)16(20)19-4-3-11(18)14(8-19)22-2/h5-7,11,14H,3-4,8,18H2,1-2H3/t11-,14+/m1/s1. The van der Waals surface area contributed by atoms with Crippen molar-refractivity contribution in [3.63, 3.8) is 0 Å². The van der Waals surface area contributed by atoms with Crippen LogP contribution in [0.25, 0.3) is 11.0 Å². The fraction of sp³-hybridized carbons (Fsp3) is 0.438. The smallest absolute Gasteiger partial charge is 0.289 e. The molecule has 2 atom stereocenters. The van der Waals surface area contributed by atoms with E-state index in [4.69, 9.17) is 31.2 Å². The van der Waals surface area contributed by atoms with Crippen LogP contribution in [0.15, 0.2) is 22.6 Å². The molecular formula is C16H19ClN2O4. The quantitative estimate of drug-likeness (QED) is 0.929. The molecule has 1 aromatic heterocycles. The predicted molar refractivity (Wildman–Crippen MR) is 87.1 cm³/mol. The maximum atomic E-state index is 12.7. The number of carbonyl (C=O) groups excluding carboxylic acids is 1. The Morgan fingerprint density at radius 3 is 2.87 bits per heavy atom. The molecule has 1 saturated heterocycles. The Bertz CT molecular complexity index is 730. The first-order chi connectivity index (χ1) is 11.0. The molecule has 23 heavy (non-hydrogen) atoms. The van der Waals surface area contributed by atoms with Gasteiger partial charge in [0, 0.05) is 42.7 Å². The highest BCUT2D eigenvalue weighted by atomic mass is 35.5. The Balaban J connectivity index is 1.89. The van der Waals surface area contributed by atoms with E-state index in [1.54, 1.807) is 30.2 Å². The minimum absolute atomic E-state index is 0.0568. The number of likely N-dealkylation sites (tertiary alicyclic amines) is 1. The first-order valence-corrected chi connectivity index (χ1v) is 7.76. The SMILES string of the molecule is COc1cc(Cl)cc2cc(C(=O)N3CC[C@@H](N)[C@@H](OC)C3)oc12. The highest BCUT2D eigenvalue weighted by Crippen LogP contribution is 2.33. The van der Waals surface area contributed by atoms with Gasteiger partial charge in [0.15, 0.2) is 17.1 Å². The van der Waals surface area contributed by atoms with Gasteiger partial charge in [-0.1, -0.05) is 11.6 Å². The zero-order valence-corrected chi connectivity index (χ0v) is 13.8. The molecule has 0 spiro atoms. The van der Waals surface area contributed by atoms with Crippen molar-refractivity contribution in [2.45, 2.75) is 18.6 Å². The number of piperidine rings is 1. The van der Waals surface area contributed by atoms with E-state index < -0.39 is 0 Å². The summed E-state index contributed by atoms with van der Waals surface area (Å²) in [6.07, 6.45) is 0.528. The topological polar surface area (TPSA) is 77.9 Å². The molecule has 0 unspecified atom stereocenters. The van der Waals surface area contributed by atoms with E-state index in [0.29, 0.717) is 35.9 Å². The average molecular weight is 339 g/mol. The fourth-order valence-corrected chi connectivity index (χ4v) is 3.08. The Hall–Kier alpha value is -1.76. The molecule has 1 aliphatic rings. The number of rotatable bonds is 3. The van der Waals surface area contributed by atoms with Crippen LogP contribution in [0.1, 0.15) is 17.0 Å². The summed E-state index contributed by atoms with van der Waals surface area (Å²) in [5.74, 6) is 0.571. The molecule has 0 bridgehead atoms. The van der Waals surface area contributed by atoms with Crippen LogP contribution in [0, 0.1) is 0 Å². The molecule has 7 heteroatoms. The summed E-state index contributed by atoms with van der Waals surface area (Å²) in [4.78, 5) is 14.4. The van der Waals surface area contributed by atoms with Crippen LogP contribution >= 0.6 is 11.6 Å². The molecule has 1 aliphatic heterocycles. The first kappa shape index (κ1) is 16.1. The van der Waals surface area contributed by atoms with Crippen LogP contribution in [0.5, 0.6) is 5.75 Å². The molecule has 2 heterocycles. The number of amides is 1. The van der Waals surface area contributed by atoms with E-state index in [1.807, 2.05) is 0 Å². The Kier molecular flexibility index (Phi) is 4.48. The van der Waals surface area contributed by atoms with Crippen molar-refractivity contribution in [3.8, 4) is 5.75 Å². The van der Waals surface area contributed by atoms with Gasteiger partial charge >= 0.3 is 0 Å². The van der Waals surface area contributed by atoms with Crippen LogP contribution < -0.4 is 10.5 Å². The maximum Gasteiger partial charge on any atom is 0.289 e. The molecule has 1 aromatic carbocycles. The van der Waals surface area contributed by atoms with Gasteiger partial charge in [-0.15, -0.1) is 0 Å². The third kappa shape index (κ3) is 3.02. The van der Waals surface area contributed by atoms with Gasteiger partial charge in [-0.2, -0.15) is 0 Å². The number of carbonyl (C=O) groups is 1. The Morgan fingerprint density at radius 2 is 2.17 bits per heavy atom. The molecule has 2 aromatic rings. The van der Waals surface area contributed by atoms with Crippen molar-refractivity contribution in [2.24, 2.45) is 5.73 Å². The van der Waals surface area contributed by atoms with Gasteiger partial charge < -0.3 is 24.5 Å². The van der Waals surface area contributed by atoms with Crippen LogP contribution in [0.2, 0.25) is 5.02 Å². The van der Waals surface area contributed by atoms with Crippen LogP contribution in [-0.4, -0.2) is 50.3 Å². The number of methoxy groups -OCH3 is 2. The van der Waals surface area contributed by atoms with Crippen molar-refractivity contribution >= 4 is 28.5 Å². The number of nitrogens with zero attached hydrogens (tertiary/aromatic N) is 1. The van der Waals surface area contributed by atoms with E-state index in [-0.39, 0.29) is 23.8 Å². The Labute approximate surface area is 139 Å². The van der Waals surface area contributed by atoms with E-state index in [2.05, 4.69) is 0 Å². The number of hydrogen-bond donors (Lipinski definition) is 1. The first-order valence-electron chi connectivity index (χ1n) is 7.38. The van der Waals surface area contributed by atoms with Crippen LogP contribution in [0.3, 0.4) is 0 Å². The number of hydrogen-bond acceptors (Lipinski definition) is 5. The van der Waals surface area contributed by atoms with E-state index >= 15 is 0 Å². The van der Waals surface area contributed by atoms with Gasteiger partial charge in [0.25, 0.3) is 5.91 Å². The van der Waals surface area contributed by atoms with E-state index in [0.717, 1.165) is 5.39 Å². The molecule has 124 valence electrons. The van der Waals surface area contributed by atoms with Crippen molar-refractivity contribution in [2.75, 3.05) is 27.3 Å². The lowest BCUT2D eigenvalue weighted by molar-refractivity contribution is 0.0149. The second kappa shape index (κ2) is 6.39. The normalized spacial score (nSPS) is 21.7. The lowest BCUT2D eigenvalue weighted by Crippen LogP contribution is -2.53. The zero-order valence-electron chi connectivity index (χ0n) is 13.0. The third-order valence-corrected chi connectivity index (χ3v) is 4.40. The summed E-state index contributed by atoms with van der Waals surface area (Å²) >= 11 is 6.05. The van der Waals surface area contributed by atoms with Gasteiger partial charge in [0.2, 0.25) is 0 Å². The predicted octanol–water partition coefficient (Wildman–Crippen LogP) is 2.28. The minimum atomic E-state index is -0.187. The summed E-state index contributed by atoms with van der Waals surface area (Å²) in [5.41, 5.74) is 6.50. The molecule has 0 radical (unpaired) electrons. The number of furan rings is 1. The second-order valence-electron chi connectivity index (χ2n) is 5.61. The Morgan fingerprint density at radius 1 is 1.39 bits per heavy atom. The van der Waals surface area contributed by atoms with Gasteiger partial charge in [0.1, 0.15) is 0 Å². The van der Waals surface area contributed by atoms with Crippen molar-refractivity contribution in [1.29, 1.82) is 0 Å². The van der Waals surface area contributed by atoms with E-state index in [9.17, 15) is 4.79 Å². The monoisotopic (exact) mass is 338 g/mol. The van der Waals surface area contributed by atoms with Crippen LogP contribution in [-0.2, 0) is 4.74 Å². The molecule has 0 saturated carbocycles. The van der Waals surface area contributed by atoms with Crippen LogP contribution in [0.4, 0.5) is 0 Å². The molecule has 2 N–H and O–H groups in total. The van der Waals surface area contributed by atoms with Crippen molar-refractivity contribution in [1.82, 2.24) is 4.90 Å². The summed E-state index contributed by atoms with van der Waals surface area (Å²) in [6.45, 7) is 1.03. The zero-order chi connectivity index (χ0) is 16.6. The molecule has 0 aliphatic carbocycles. The number of ether oxygens (including phenoxy) is 2. The van der Waals surface area contributed by atoms with Gasteiger partial charge in [-0.3, -0.25) is 4.79 Å². The van der Waals surface area contributed by atoms with Gasteiger partial charge in [-0.25, -0.2) is 0 Å². The number of fused-ring (bicyclic) bond motifs is 1. The minimum Gasteiger partial charge on any atom is -0.493 e. The molecular weight excluding hydrogens is 320 g/mol. The molecule has 3 rings (SSSR count). The fourth-order valence-electron chi connectivity index (χ4n) is 2.87. The lowest BCUT2D eigenvalue weighted by atomic mass is 10.0. The number of nitrogens with two attached hydrogens (primary N) is 1. The summed E-state index contributed by atoms with van der Waals surface area (Å²) in [5, 5.41) is 1.26. The molecule has 1 fully saturated rings. The van der Waals surface area contributed by atoms with Gasteiger partial charge in [-0.05, 0) is 18.6 Å². The number of halogens is 1. The highest BCUT2D eigenvalue weighted by Gasteiger charge is 2.31. The summed E-state index contributed by atoms with van der Waals surface area (Å²) in [6, 6.07) is 5.02. The van der Waals surface area contributed by atoms with Crippen molar-refractivity contribution < 1.29 is 18.7 Å². The largest absolute Gasteiger partial charge is 0.493 e. The maximum absolute atomic E-state index is 12.7. The van der Waals surface area contributed by atoms with E-state index in [1.165, 1.54) is 7.11 Å². The summed E-state index contributed by atoms with van der Waals surface area (Å²) < 4.78 is 16.3. The summed E-state index contributed by atoms with van der Waals surface area (Å²) in [7, 11) is 3.14. The van der Waals surface area contributed by atoms with Gasteiger partial charge in [0.05, 0.1) is 13.2 Å². The third-order valence-electron chi connectivity index (χ3n) is 4.18. The number of benzene rings is 1. The average Bonchev–Trinajstić information content (AvgIpc) is 2.97. The second-order valence-corrected chi connectivity index (χ2v) is 6.05. The highest BCUT2D eigenvalue weighted by molar-refractivity contribution is 6.31. The van der Waals surface area contributed by atoms with Crippen molar-refractivity contribution in [3.05, 3.63) is 29.0 Å².